The molecule has 2 amide bonds. The van der Waals surface area contributed by atoms with Gasteiger partial charge in [-0.2, -0.15) is 0 Å². The van der Waals surface area contributed by atoms with E-state index >= 15 is 0 Å². The van der Waals surface area contributed by atoms with Gasteiger partial charge in [0.05, 0.1) is 12.1 Å². The lowest BCUT2D eigenvalue weighted by molar-refractivity contribution is -0.0175. The summed E-state index contributed by atoms with van der Waals surface area (Å²) in [6.45, 7) is 18.2. The van der Waals surface area contributed by atoms with Gasteiger partial charge in [0, 0.05) is 36.3 Å². The lowest BCUT2D eigenvalue weighted by Crippen LogP contribution is -2.49. The lowest BCUT2D eigenvalue weighted by atomic mass is 9.93. The molecule has 0 fully saturated rings. The molecule has 0 bridgehead atoms. The average molecular weight is 603 g/mol. The molecule has 0 radical (unpaired) electrons. The van der Waals surface area contributed by atoms with E-state index in [0.29, 0.717) is 6.42 Å². The molecular weight excluding hydrogens is 544 g/mol. The number of aliphatic hydroxyl groups is 2. The Balaban J connectivity index is 0. The number of rotatable bonds is 17. The van der Waals surface area contributed by atoms with Crippen LogP contribution in [0.4, 0.5) is 0 Å². The quantitative estimate of drug-likeness (QED) is 0.118. The second-order valence-electron chi connectivity index (χ2n) is 10.4. The van der Waals surface area contributed by atoms with Crippen LogP contribution in [-0.2, 0) is 4.74 Å². The van der Waals surface area contributed by atoms with E-state index in [4.69, 9.17) is 10.5 Å². The minimum absolute atomic E-state index is 0.0290. The Morgan fingerprint density at radius 2 is 1.51 bits per heavy atom. The van der Waals surface area contributed by atoms with Crippen LogP contribution in [0.2, 0.25) is 0 Å². The Kier molecular flexibility index (Phi) is 24.9. The number of unbranched alkanes of at least 4 members (excludes halogenated alkanes) is 2. The number of nitrogens with one attached hydrogen (secondary N) is 1. The third-order valence-electron chi connectivity index (χ3n) is 6.79. The summed E-state index contributed by atoms with van der Waals surface area (Å²) in [6.07, 6.45) is 10.8. The van der Waals surface area contributed by atoms with E-state index in [-0.39, 0.29) is 47.8 Å². The Hall–Kier alpha value is -3.07. The summed E-state index contributed by atoms with van der Waals surface area (Å²) in [5.74, 6) is -1.90. The van der Waals surface area contributed by atoms with E-state index < -0.39 is 30.1 Å². The maximum absolute atomic E-state index is 13.2. The van der Waals surface area contributed by atoms with Crippen molar-refractivity contribution in [1.29, 1.82) is 0 Å². The molecule has 8 nitrogen and oxygen atoms in total. The zero-order valence-corrected chi connectivity index (χ0v) is 27.8. The zero-order valence-electron chi connectivity index (χ0n) is 27.8. The van der Waals surface area contributed by atoms with Crippen molar-refractivity contribution in [3.05, 3.63) is 71.3 Å². The molecule has 0 saturated carbocycles. The normalized spacial score (nSPS) is 13.9. The summed E-state index contributed by atoms with van der Waals surface area (Å²) in [7, 11) is 1.48. The van der Waals surface area contributed by atoms with Gasteiger partial charge in [0.2, 0.25) is 5.91 Å². The first-order valence-electron chi connectivity index (χ1n) is 15.5. The SMILES string of the molecule is C=C/C(=C\C=C/C)CC(NC(=O)c1cc(C(N)=O)cc(C(=O)C(C)CC)c1)C(O)C(O)CCOC.CCCC.CCCC. The van der Waals surface area contributed by atoms with Crippen LogP contribution in [-0.4, -0.2) is 59.8 Å². The minimum atomic E-state index is -1.32. The molecule has 0 aliphatic heterocycles. The van der Waals surface area contributed by atoms with Gasteiger partial charge in [-0.3, -0.25) is 14.4 Å². The van der Waals surface area contributed by atoms with Crippen LogP contribution in [0.15, 0.2) is 54.7 Å². The van der Waals surface area contributed by atoms with E-state index in [0.717, 1.165) is 5.57 Å². The number of hydrogen-bond acceptors (Lipinski definition) is 6. The Labute approximate surface area is 260 Å². The second kappa shape index (κ2) is 25.4. The summed E-state index contributed by atoms with van der Waals surface area (Å²) >= 11 is 0. The highest BCUT2D eigenvalue weighted by atomic mass is 16.5. The van der Waals surface area contributed by atoms with Gasteiger partial charge in [-0.05, 0) is 50.0 Å². The zero-order chi connectivity index (χ0) is 33.4. The predicted molar refractivity (Wildman–Crippen MR) is 177 cm³/mol. The number of aliphatic hydroxyl groups excluding tert-OH is 2. The molecule has 0 aliphatic carbocycles. The lowest BCUT2D eigenvalue weighted by Gasteiger charge is -2.28. The predicted octanol–water partition coefficient (Wildman–Crippen LogP) is 6.56. The summed E-state index contributed by atoms with van der Waals surface area (Å²) in [5, 5.41) is 24.0. The van der Waals surface area contributed by atoms with Crippen LogP contribution >= 0.6 is 0 Å². The van der Waals surface area contributed by atoms with Gasteiger partial charge in [0.1, 0.15) is 6.10 Å². The van der Waals surface area contributed by atoms with Gasteiger partial charge in [-0.1, -0.05) is 98.1 Å². The summed E-state index contributed by atoms with van der Waals surface area (Å²) in [5.41, 5.74) is 6.45. The van der Waals surface area contributed by atoms with Gasteiger partial charge in [-0.25, -0.2) is 0 Å². The Morgan fingerprint density at radius 3 is 1.95 bits per heavy atom. The van der Waals surface area contributed by atoms with Gasteiger partial charge < -0.3 is 26.0 Å². The number of carbonyl (C=O) groups excluding carboxylic acids is 3. The van der Waals surface area contributed by atoms with E-state index in [1.54, 1.807) is 25.2 Å². The molecule has 5 N–H and O–H groups in total. The highest BCUT2D eigenvalue weighted by Crippen LogP contribution is 2.19. The van der Waals surface area contributed by atoms with Crippen molar-refractivity contribution in [2.75, 3.05) is 13.7 Å². The number of carbonyl (C=O) groups is 3. The van der Waals surface area contributed by atoms with Crippen LogP contribution in [0.25, 0.3) is 0 Å². The number of hydrogen-bond donors (Lipinski definition) is 4. The number of benzene rings is 1. The fourth-order valence-electron chi connectivity index (χ4n) is 3.39. The van der Waals surface area contributed by atoms with Crippen molar-refractivity contribution in [2.24, 2.45) is 11.7 Å². The van der Waals surface area contributed by atoms with Gasteiger partial charge in [-0.15, -0.1) is 0 Å². The first kappa shape index (κ1) is 42.1. The standard InChI is InChI=1S/C27H38N2O6.2C4H10/c1-6-9-10-18(8-3)13-22(25(32)23(30)11-12-35-5)29-27(34)21-15-19(24(31)17(4)7-2)14-20(16-21)26(28)33;2*1-3-4-2/h6,8-10,14-17,22-23,25,30,32H,3,7,11-13H2,1-2,4-5H3,(H2,28,33)(H,29,34);2*3-4H2,1-2H3/b9-6-,18-10+;;. The fourth-order valence-corrected chi connectivity index (χ4v) is 3.39. The molecule has 0 aromatic heterocycles. The Bertz CT molecular complexity index is 1010. The number of ether oxygens (including phenoxy) is 1. The number of allylic oxidation sites excluding steroid dienone is 4. The molecule has 0 spiro atoms. The largest absolute Gasteiger partial charge is 0.390 e. The highest BCUT2D eigenvalue weighted by molar-refractivity contribution is 6.05. The van der Waals surface area contributed by atoms with E-state index in [1.807, 2.05) is 19.9 Å². The number of amides is 2. The monoisotopic (exact) mass is 602 g/mol. The topological polar surface area (TPSA) is 139 Å². The smallest absolute Gasteiger partial charge is 0.251 e. The third-order valence-corrected chi connectivity index (χ3v) is 6.79. The molecule has 244 valence electrons. The third kappa shape index (κ3) is 17.6. The van der Waals surface area contributed by atoms with E-state index in [9.17, 15) is 24.6 Å². The van der Waals surface area contributed by atoms with Crippen molar-refractivity contribution < 1.29 is 29.3 Å². The maximum atomic E-state index is 13.2. The van der Waals surface area contributed by atoms with Crippen molar-refractivity contribution in [3.63, 3.8) is 0 Å². The molecule has 43 heavy (non-hydrogen) atoms. The summed E-state index contributed by atoms with van der Waals surface area (Å²) in [6, 6.07) is 3.20. The molecule has 0 aliphatic rings. The second-order valence-corrected chi connectivity index (χ2v) is 10.4. The first-order chi connectivity index (χ1) is 20.4. The van der Waals surface area contributed by atoms with Crippen molar-refractivity contribution >= 4 is 17.6 Å². The van der Waals surface area contributed by atoms with Gasteiger partial charge in [0.25, 0.3) is 5.91 Å². The molecule has 1 aromatic carbocycles. The van der Waals surface area contributed by atoms with E-state index in [1.165, 1.54) is 51.0 Å². The van der Waals surface area contributed by atoms with Crippen LogP contribution in [0, 0.1) is 5.92 Å². The molecule has 4 atom stereocenters. The minimum Gasteiger partial charge on any atom is -0.390 e. The molecule has 1 aromatic rings. The molecule has 8 heteroatoms. The number of methoxy groups -OCH3 is 1. The molecule has 0 saturated heterocycles. The number of Topliss-reactive ketones (excluding diaryl/α,β-unsaturated/α-hetero) is 1. The van der Waals surface area contributed by atoms with Crippen molar-refractivity contribution in [2.45, 2.75) is 112 Å². The van der Waals surface area contributed by atoms with Crippen LogP contribution in [0.3, 0.4) is 0 Å². The fraction of sp³-hybridized carbons (Fsp3) is 0.571. The van der Waals surface area contributed by atoms with Crippen molar-refractivity contribution in [3.8, 4) is 0 Å². The maximum Gasteiger partial charge on any atom is 0.251 e. The molecule has 1 rings (SSSR count). The number of primary amides is 1. The summed E-state index contributed by atoms with van der Waals surface area (Å²) in [4.78, 5) is 37.8. The average Bonchev–Trinajstić information content (AvgIpc) is 3.03. The van der Waals surface area contributed by atoms with Gasteiger partial charge in [0.15, 0.2) is 5.78 Å². The van der Waals surface area contributed by atoms with Crippen LogP contribution in [0.1, 0.15) is 124 Å². The molecule has 0 heterocycles. The molecular formula is C35H58N2O6. The van der Waals surface area contributed by atoms with Crippen LogP contribution in [0.5, 0.6) is 0 Å². The molecule has 4 unspecified atom stereocenters. The number of nitrogens with two attached hydrogens (primary N) is 1. The summed E-state index contributed by atoms with van der Waals surface area (Å²) < 4.78 is 4.98. The van der Waals surface area contributed by atoms with Crippen molar-refractivity contribution in [1.82, 2.24) is 5.32 Å². The van der Waals surface area contributed by atoms with E-state index in [2.05, 4.69) is 39.6 Å². The Morgan fingerprint density at radius 1 is 0.977 bits per heavy atom. The first-order valence-corrected chi connectivity index (χ1v) is 15.5. The van der Waals surface area contributed by atoms with Gasteiger partial charge >= 0.3 is 0 Å². The highest BCUT2D eigenvalue weighted by Gasteiger charge is 2.29. The number of ketones is 1. The van der Waals surface area contributed by atoms with Crippen LogP contribution < -0.4 is 11.1 Å².